The quantitative estimate of drug-likeness (QED) is 0.816. The van der Waals surface area contributed by atoms with E-state index in [1.807, 2.05) is 24.0 Å². The number of carbonyl (C=O) groups is 1. The van der Waals surface area contributed by atoms with E-state index in [9.17, 15) is 4.79 Å². The summed E-state index contributed by atoms with van der Waals surface area (Å²) in [5.74, 6) is 0.607. The van der Waals surface area contributed by atoms with Gasteiger partial charge >= 0.3 is 6.09 Å². The summed E-state index contributed by atoms with van der Waals surface area (Å²) in [7, 11) is 0. The maximum Gasteiger partial charge on any atom is 0.415 e. The number of piperidine rings is 1. The van der Waals surface area contributed by atoms with Crippen LogP contribution in [0.3, 0.4) is 0 Å². The van der Waals surface area contributed by atoms with Crippen LogP contribution < -0.4 is 10.1 Å². The normalized spacial score (nSPS) is 20.5. The minimum atomic E-state index is -0.236. The molecule has 5 heteroatoms. The summed E-state index contributed by atoms with van der Waals surface area (Å²) in [5, 5.41) is 3.30. The lowest BCUT2D eigenvalue weighted by Crippen LogP contribution is -2.48. The Morgan fingerprint density at radius 1 is 1.39 bits per heavy atom. The molecule has 2 aliphatic rings. The summed E-state index contributed by atoms with van der Waals surface area (Å²) in [6, 6.07) is 3.97. The summed E-state index contributed by atoms with van der Waals surface area (Å²) in [4.78, 5) is 18.3. The minimum absolute atomic E-state index is 0.236. The van der Waals surface area contributed by atoms with Crippen molar-refractivity contribution in [1.82, 2.24) is 15.2 Å². The van der Waals surface area contributed by atoms with Gasteiger partial charge in [-0.25, -0.2) is 4.79 Å². The molecule has 0 spiro atoms. The van der Waals surface area contributed by atoms with Crippen LogP contribution in [0.25, 0.3) is 0 Å². The van der Waals surface area contributed by atoms with Crippen molar-refractivity contribution in [2.75, 3.05) is 13.1 Å². The van der Waals surface area contributed by atoms with Gasteiger partial charge in [-0.2, -0.15) is 0 Å². The zero-order valence-electron chi connectivity index (χ0n) is 10.5. The van der Waals surface area contributed by atoms with Crippen molar-refractivity contribution in [3.05, 3.63) is 23.5 Å². The van der Waals surface area contributed by atoms with E-state index in [-0.39, 0.29) is 12.1 Å². The monoisotopic (exact) mass is 247 g/mol. The molecule has 18 heavy (non-hydrogen) atoms. The van der Waals surface area contributed by atoms with Crippen molar-refractivity contribution in [2.45, 2.75) is 32.4 Å². The number of fused-ring (bicyclic) bond motifs is 1. The average Bonchev–Trinajstić information content (AvgIpc) is 2.39. The highest BCUT2D eigenvalue weighted by Crippen LogP contribution is 2.27. The summed E-state index contributed by atoms with van der Waals surface area (Å²) in [5.41, 5.74) is 1.82. The molecule has 0 saturated carbocycles. The molecule has 0 bridgehead atoms. The molecule has 0 aromatic carbocycles. The Hall–Kier alpha value is -1.62. The van der Waals surface area contributed by atoms with Gasteiger partial charge in [0, 0.05) is 11.7 Å². The van der Waals surface area contributed by atoms with Crippen molar-refractivity contribution in [2.24, 2.45) is 0 Å². The number of amides is 1. The molecule has 1 fully saturated rings. The molecule has 1 aromatic rings. The average molecular weight is 247 g/mol. The standard InChI is InChI=1S/C13H17N3O2/c1-9-2-3-12-11(15-9)8-16(13(17)18-12)10-4-6-14-7-5-10/h2-3,10,14H,4-8H2,1H3. The van der Waals surface area contributed by atoms with Crippen LogP contribution in [0.5, 0.6) is 5.75 Å². The Morgan fingerprint density at radius 3 is 2.94 bits per heavy atom. The summed E-state index contributed by atoms with van der Waals surface area (Å²) in [6.45, 7) is 4.44. The number of hydrogen-bond donors (Lipinski definition) is 1. The number of nitrogens with zero attached hydrogens (tertiary/aromatic N) is 2. The first-order chi connectivity index (χ1) is 8.74. The van der Waals surface area contributed by atoms with Gasteiger partial charge in [-0.3, -0.25) is 9.88 Å². The van der Waals surface area contributed by atoms with Crippen LogP contribution in [0, 0.1) is 6.92 Å². The third kappa shape index (κ3) is 2.06. The lowest BCUT2D eigenvalue weighted by atomic mass is 10.0. The Balaban J connectivity index is 1.83. The number of nitrogens with one attached hydrogen (secondary N) is 1. The van der Waals surface area contributed by atoms with E-state index in [4.69, 9.17) is 4.74 Å². The number of aromatic nitrogens is 1. The van der Waals surface area contributed by atoms with Gasteiger partial charge in [0.2, 0.25) is 0 Å². The van der Waals surface area contributed by atoms with Gasteiger partial charge < -0.3 is 10.1 Å². The predicted molar refractivity (Wildman–Crippen MR) is 66.4 cm³/mol. The van der Waals surface area contributed by atoms with Gasteiger partial charge in [-0.1, -0.05) is 0 Å². The highest BCUT2D eigenvalue weighted by Gasteiger charge is 2.32. The smallest absolute Gasteiger partial charge is 0.408 e. The largest absolute Gasteiger partial charge is 0.415 e. The summed E-state index contributed by atoms with van der Waals surface area (Å²) in [6.07, 6.45) is 1.73. The predicted octanol–water partition coefficient (Wildman–Crippen LogP) is 1.46. The molecule has 1 saturated heterocycles. The van der Waals surface area contributed by atoms with Gasteiger partial charge in [-0.05, 0) is 45.0 Å². The van der Waals surface area contributed by atoms with E-state index < -0.39 is 0 Å². The van der Waals surface area contributed by atoms with Gasteiger partial charge in [0.05, 0.1) is 6.54 Å². The lowest BCUT2D eigenvalue weighted by Gasteiger charge is -2.36. The van der Waals surface area contributed by atoms with Crippen LogP contribution in [0.1, 0.15) is 24.2 Å². The Bertz CT molecular complexity index is 469. The maximum atomic E-state index is 12.0. The molecule has 96 valence electrons. The lowest BCUT2D eigenvalue weighted by molar-refractivity contribution is 0.102. The van der Waals surface area contributed by atoms with Crippen molar-refractivity contribution < 1.29 is 9.53 Å². The second-order valence-corrected chi connectivity index (χ2v) is 4.87. The summed E-state index contributed by atoms with van der Waals surface area (Å²) < 4.78 is 5.36. The number of pyridine rings is 1. The van der Waals surface area contributed by atoms with Crippen molar-refractivity contribution in [3.63, 3.8) is 0 Å². The molecule has 0 unspecified atom stereocenters. The maximum absolute atomic E-state index is 12.0. The number of ether oxygens (including phenoxy) is 1. The fraction of sp³-hybridized carbons (Fsp3) is 0.538. The third-order valence-electron chi connectivity index (χ3n) is 3.57. The molecule has 3 rings (SSSR count). The van der Waals surface area contributed by atoms with E-state index in [0.717, 1.165) is 37.3 Å². The van der Waals surface area contributed by atoms with Crippen LogP contribution in [0.2, 0.25) is 0 Å². The number of carbonyl (C=O) groups excluding carboxylic acids is 1. The third-order valence-corrected chi connectivity index (χ3v) is 3.57. The topological polar surface area (TPSA) is 54.5 Å². The van der Waals surface area contributed by atoms with Crippen LogP contribution in [0.4, 0.5) is 4.79 Å². The van der Waals surface area contributed by atoms with Gasteiger partial charge in [0.15, 0.2) is 5.75 Å². The molecule has 1 N–H and O–H groups in total. The number of hydrogen-bond acceptors (Lipinski definition) is 4. The molecule has 1 aromatic heterocycles. The highest BCUT2D eigenvalue weighted by atomic mass is 16.6. The van der Waals surface area contributed by atoms with Crippen molar-refractivity contribution >= 4 is 6.09 Å². The number of aryl methyl sites for hydroxylation is 1. The van der Waals surface area contributed by atoms with Gasteiger partial charge in [0.1, 0.15) is 5.69 Å². The molecular formula is C13H17N3O2. The number of rotatable bonds is 1. The second-order valence-electron chi connectivity index (χ2n) is 4.87. The molecule has 0 radical (unpaired) electrons. The molecule has 5 nitrogen and oxygen atoms in total. The molecule has 0 atom stereocenters. The SMILES string of the molecule is Cc1ccc2c(n1)CN(C1CCNCC1)C(=O)O2. The molecular weight excluding hydrogens is 230 g/mol. The molecule has 0 aliphatic carbocycles. The van der Waals surface area contributed by atoms with E-state index in [2.05, 4.69) is 10.3 Å². The zero-order valence-corrected chi connectivity index (χ0v) is 10.5. The van der Waals surface area contributed by atoms with Crippen LogP contribution in [-0.4, -0.2) is 35.1 Å². The first-order valence-electron chi connectivity index (χ1n) is 6.40. The molecule has 1 amide bonds. The van der Waals surface area contributed by atoms with Gasteiger partial charge in [0.25, 0.3) is 0 Å². The van der Waals surface area contributed by atoms with Crippen LogP contribution >= 0.6 is 0 Å². The van der Waals surface area contributed by atoms with Gasteiger partial charge in [-0.15, -0.1) is 0 Å². The Kier molecular flexibility index (Phi) is 2.91. The fourth-order valence-corrected chi connectivity index (χ4v) is 2.58. The van der Waals surface area contributed by atoms with E-state index in [1.54, 1.807) is 0 Å². The van der Waals surface area contributed by atoms with Crippen LogP contribution in [-0.2, 0) is 6.54 Å². The second kappa shape index (κ2) is 4.57. The summed E-state index contributed by atoms with van der Waals surface area (Å²) >= 11 is 0. The van der Waals surface area contributed by atoms with E-state index in [1.165, 1.54) is 0 Å². The first-order valence-corrected chi connectivity index (χ1v) is 6.40. The fourth-order valence-electron chi connectivity index (χ4n) is 2.58. The van der Waals surface area contributed by atoms with Crippen LogP contribution in [0.15, 0.2) is 12.1 Å². The minimum Gasteiger partial charge on any atom is -0.408 e. The van der Waals surface area contributed by atoms with Crippen molar-refractivity contribution in [3.8, 4) is 5.75 Å². The first kappa shape index (κ1) is 11.5. The van der Waals surface area contributed by atoms with E-state index in [0.29, 0.717) is 12.3 Å². The molecule has 3 heterocycles. The highest BCUT2D eigenvalue weighted by molar-refractivity contribution is 5.73. The molecule has 2 aliphatic heterocycles. The Labute approximate surface area is 106 Å². The zero-order chi connectivity index (χ0) is 12.5. The van der Waals surface area contributed by atoms with Crippen molar-refractivity contribution in [1.29, 1.82) is 0 Å². The van der Waals surface area contributed by atoms with E-state index >= 15 is 0 Å². The Morgan fingerprint density at radius 2 is 2.17 bits per heavy atom.